The molecule has 1 fully saturated rings. The molecule has 0 aromatic rings. The summed E-state index contributed by atoms with van der Waals surface area (Å²) < 4.78 is 4.86. The van der Waals surface area contributed by atoms with Gasteiger partial charge < -0.3 is 20.3 Å². The quantitative estimate of drug-likeness (QED) is 0.620. The number of nitrogens with zero attached hydrogens (tertiary/aromatic N) is 1. The lowest BCUT2D eigenvalue weighted by Gasteiger charge is -2.32. The molecule has 0 bridgehead atoms. The molecule has 6 heteroatoms. The standard InChI is InChI=1S/C10H19N3O3/c1-11-10(15)8-7-13(5-4-12-8)9(14)3-6-16-2/h8,12H,3-7H2,1-2H3,(H,11,15)/t8-/m0/s1. The van der Waals surface area contributed by atoms with Crippen molar-refractivity contribution < 1.29 is 14.3 Å². The van der Waals surface area contributed by atoms with Gasteiger partial charge in [0.25, 0.3) is 0 Å². The molecule has 92 valence electrons. The van der Waals surface area contributed by atoms with Gasteiger partial charge in [-0.15, -0.1) is 0 Å². The highest BCUT2D eigenvalue weighted by Gasteiger charge is 2.26. The molecule has 16 heavy (non-hydrogen) atoms. The van der Waals surface area contributed by atoms with Crippen LogP contribution >= 0.6 is 0 Å². The number of amides is 2. The van der Waals surface area contributed by atoms with Gasteiger partial charge in [-0.05, 0) is 0 Å². The van der Waals surface area contributed by atoms with Gasteiger partial charge in [0.1, 0.15) is 6.04 Å². The first-order chi connectivity index (χ1) is 7.69. The number of ether oxygens (including phenoxy) is 1. The second-order valence-corrected chi connectivity index (χ2v) is 3.70. The van der Waals surface area contributed by atoms with E-state index in [-0.39, 0.29) is 17.9 Å². The van der Waals surface area contributed by atoms with Crippen LogP contribution in [0.2, 0.25) is 0 Å². The van der Waals surface area contributed by atoms with Crippen molar-refractivity contribution in [3.63, 3.8) is 0 Å². The monoisotopic (exact) mass is 229 g/mol. The summed E-state index contributed by atoms with van der Waals surface area (Å²) in [6.07, 6.45) is 0.372. The van der Waals surface area contributed by atoms with Gasteiger partial charge in [0.2, 0.25) is 11.8 Å². The van der Waals surface area contributed by atoms with Crippen LogP contribution in [0.5, 0.6) is 0 Å². The second kappa shape index (κ2) is 6.44. The third-order valence-corrected chi connectivity index (χ3v) is 2.61. The average molecular weight is 229 g/mol. The van der Waals surface area contributed by atoms with Gasteiger partial charge in [-0.1, -0.05) is 0 Å². The zero-order valence-corrected chi connectivity index (χ0v) is 9.78. The van der Waals surface area contributed by atoms with Crippen molar-refractivity contribution in [1.29, 1.82) is 0 Å². The lowest BCUT2D eigenvalue weighted by Crippen LogP contribution is -2.58. The third-order valence-electron chi connectivity index (χ3n) is 2.61. The first-order valence-electron chi connectivity index (χ1n) is 5.40. The van der Waals surface area contributed by atoms with Crippen LogP contribution < -0.4 is 10.6 Å². The van der Waals surface area contributed by atoms with Crippen molar-refractivity contribution in [1.82, 2.24) is 15.5 Å². The SMILES string of the molecule is CNC(=O)[C@@H]1CN(C(=O)CCOC)CCN1. The summed E-state index contributed by atoms with van der Waals surface area (Å²) in [5.74, 6) is -0.0403. The van der Waals surface area contributed by atoms with Crippen LogP contribution in [-0.2, 0) is 14.3 Å². The van der Waals surface area contributed by atoms with Gasteiger partial charge in [-0.25, -0.2) is 0 Å². The van der Waals surface area contributed by atoms with E-state index in [0.717, 1.165) is 0 Å². The fourth-order valence-corrected chi connectivity index (χ4v) is 1.67. The minimum absolute atomic E-state index is 0.0391. The lowest BCUT2D eigenvalue weighted by molar-refractivity contribution is -0.134. The Bertz CT molecular complexity index is 258. The molecular weight excluding hydrogens is 210 g/mol. The molecule has 1 atom stereocenters. The predicted molar refractivity (Wildman–Crippen MR) is 58.9 cm³/mol. The van der Waals surface area contributed by atoms with Gasteiger partial charge in [0, 0.05) is 33.8 Å². The maximum Gasteiger partial charge on any atom is 0.238 e. The summed E-state index contributed by atoms with van der Waals surface area (Å²) in [6.45, 7) is 2.16. The molecule has 0 aromatic carbocycles. The van der Waals surface area contributed by atoms with E-state index in [0.29, 0.717) is 32.7 Å². The number of methoxy groups -OCH3 is 1. The number of nitrogens with one attached hydrogen (secondary N) is 2. The highest BCUT2D eigenvalue weighted by molar-refractivity contribution is 5.83. The maximum absolute atomic E-state index is 11.7. The molecule has 1 aliphatic heterocycles. The van der Waals surface area contributed by atoms with E-state index in [1.54, 1.807) is 19.1 Å². The fraction of sp³-hybridized carbons (Fsp3) is 0.800. The van der Waals surface area contributed by atoms with Crippen LogP contribution in [0.4, 0.5) is 0 Å². The number of hydrogen-bond donors (Lipinski definition) is 2. The minimum atomic E-state index is -0.301. The first kappa shape index (κ1) is 12.9. The summed E-state index contributed by atoms with van der Waals surface area (Å²) in [7, 11) is 3.16. The number of carbonyl (C=O) groups is 2. The fourth-order valence-electron chi connectivity index (χ4n) is 1.67. The minimum Gasteiger partial charge on any atom is -0.384 e. The van der Waals surface area contributed by atoms with Crippen molar-refractivity contribution >= 4 is 11.8 Å². The van der Waals surface area contributed by atoms with Crippen molar-refractivity contribution in [3.8, 4) is 0 Å². The normalized spacial score (nSPS) is 20.6. The molecule has 0 spiro atoms. The molecule has 1 heterocycles. The highest BCUT2D eigenvalue weighted by Crippen LogP contribution is 2.02. The van der Waals surface area contributed by atoms with E-state index >= 15 is 0 Å². The van der Waals surface area contributed by atoms with Crippen LogP contribution in [0.3, 0.4) is 0 Å². The first-order valence-corrected chi connectivity index (χ1v) is 5.40. The smallest absolute Gasteiger partial charge is 0.238 e. The van der Waals surface area contributed by atoms with Crippen molar-refractivity contribution in [2.75, 3.05) is 40.4 Å². The second-order valence-electron chi connectivity index (χ2n) is 3.70. The molecule has 1 aliphatic rings. The molecule has 0 saturated carbocycles. The zero-order valence-electron chi connectivity index (χ0n) is 9.78. The van der Waals surface area contributed by atoms with Crippen LogP contribution in [-0.4, -0.2) is 63.2 Å². The van der Waals surface area contributed by atoms with E-state index in [2.05, 4.69) is 10.6 Å². The molecule has 2 amide bonds. The summed E-state index contributed by atoms with van der Waals surface area (Å²) >= 11 is 0. The Kier molecular flexibility index (Phi) is 5.21. The van der Waals surface area contributed by atoms with Gasteiger partial charge >= 0.3 is 0 Å². The average Bonchev–Trinajstić information content (AvgIpc) is 2.35. The van der Waals surface area contributed by atoms with Gasteiger partial charge in [0.05, 0.1) is 13.0 Å². The summed E-state index contributed by atoms with van der Waals surface area (Å²) in [4.78, 5) is 24.8. The van der Waals surface area contributed by atoms with Crippen molar-refractivity contribution in [2.24, 2.45) is 0 Å². The van der Waals surface area contributed by atoms with Gasteiger partial charge in [-0.2, -0.15) is 0 Å². The number of carbonyl (C=O) groups excluding carboxylic acids is 2. The maximum atomic E-state index is 11.7. The van der Waals surface area contributed by atoms with Crippen LogP contribution in [0.1, 0.15) is 6.42 Å². The van der Waals surface area contributed by atoms with Crippen molar-refractivity contribution in [2.45, 2.75) is 12.5 Å². The van der Waals surface area contributed by atoms with Crippen LogP contribution in [0.15, 0.2) is 0 Å². The summed E-state index contributed by atoms with van der Waals surface area (Å²) in [5.41, 5.74) is 0. The molecule has 0 radical (unpaired) electrons. The third kappa shape index (κ3) is 3.46. The zero-order chi connectivity index (χ0) is 12.0. The van der Waals surface area contributed by atoms with Gasteiger partial charge in [0.15, 0.2) is 0 Å². The molecule has 0 aromatic heterocycles. The summed E-state index contributed by atoms with van der Waals surface area (Å²) in [5, 5.41) is 5.65. The van der Waals surface area contributed by atoms with E-state index in [4.69, 9.17) is 4.74 Å². The van der Waals surface area contributed by atoms with Crippen LogP contribution in [0.25, 0.3) is 0 Å². The molecular formula is C10H19N3O3. The van der Waals surface area contributed by atoms with Crippen LogP contribution in [0, 0.1) is 0 Å². The number of piperazine rings is 1. The molecule has 0 aliphatic carbocycles. The molecule has 0 unspecified atom stereocenters. The van der Waals surface area contributed by atoms with Gasteiger partial charge in [-0.3, -0.25) is 9.59 Å². The van der Waals surface area contributed by atoms with E-state index in [1.807, 2.05) is 0 Å². The topological polar surface area (TPSA) is 70.7 Å². The molecule has 2 N–H and O–H groups in total. The number of hydrogen-bond acceptors (Lipinski definition) is 4. The van der Waals surface area contributed by atoms with E-state index in [1.165, 1.54) is 0 Å². The highest BCUT2D eigenvalue weighted by atomic mass is 16.5. The predicted octanol–water partition coefficient (Wildman–Crippen LogP) is -1.43. The van der Waals surface area contributed by atoms with E-state index < -0.39 is 0 Å². The Labute approximate surface area is 95.3 Å². The number of rotatable bonds is 4. The largest absolute Gasteiger partial charge is 0.384 e. The summed E-state index contributed by atoms with van der Waals surface area (Å²) in [6, 6.07) is -0.301. The van der Waals surface area contributed by atoms with E-state index in [9.17, 15) is 9.59 Å². The Morgan fingerprint density at radius 1 is 1.56 bits per heavy atom. The lowest BCUT2D eigenvalue weighted by atomic mass is 10.2. The molecule has 1 rings (SSSR count). The Balaban J connectivity index is 2.43. The van der Waals surface area contributed by atoms with Crippen molar-refractivity contribution in [3.05, 3.63) is 0 Å². The number of likely N-dealkylation sites (N-methyl/N-ethyl adjacent to an activating group) is 1. The molecule has 6 nitrogen and oxygen atoms in total. The Morgan fingerprint density at radius 3 is 2.94 bits per heavy atom. The molecule has 1 saturated heterocycles. The Morgan fingerprint density at radius 2 is 2.31 bits per heavy atom. The Hall–Kier alpha value is -1.14.